The van der Waals surface area contributed by atoms with E-state index in [0.29, 0.717) is 6.42 Å². The summed E-state index contributed by atoms with van der Waals surface area (Å²) in [4.78, 5) is 35.7. The van der Waals surface area contributed by atoms with Crippen LogP contribution < -0.4 is 11.1 Å². The molecule has 1 aliphatic heterocycles. The molecule has 0 radical (unpaired) electrons. The molecule has 1 unspecified atom stereocenters. The fourth-order valence-corrected chi connectivity index (χ4v) is 1.59. The minimum absolute atomic E-state index is 0.0588. The Hall–Kier alpha value is -1.43. The lowest BCUT2D eigenvalue weighted by Crippen LogP contribution is -2.58. The molecule has 3 N–H and O–H groups in total. The van der Waals surface area contributed by atoms with Crippen molar-refractivity contribution in [2.45, 2.75) is 45.2 Å². The first-order chi connectivity index (χ1) is 7.70. The van der Waals surface area contributed by atoms with Gasteiger partial charge in [0.15, 0.2) is 0 Å². The van der Waals surface area contributed by atoms with Crippen LogP contribution in [0.3, 0.4) is 0 Å². The maximum absolute atomic E-state index is 11.9. The van der Waals surface area contributed by atoms with Gasteiger partial charge in [-0.2, -0.15) is 0 Å². The van der Waals surface area contributed by atoms with Crippen molar-refractivity contribution in [2.24, 2.45) is 5.73 Å². The molecular formula is C11H19N3O3. The predicted molar refractivity (Wildman–Crippen MR) is 61.8 cm³/mol. The molecule has 0 aromatic rings. The van der Waals surface area contributed by atoms with Crippen molar-refractivity contribution in [1.82, 2.24) is 10.2 Å². The largest absolute Gasteiger partial charge is 0.326 e. The molecule has 1 rings (SSSR count). The van der Waals surface area contributed by atoms with Crippen molar-refractivity contribution >= 4 is 17.7 Å². The van der Waals surface area contributed by atoms with Crippen molar-refractivity contribution in [3.63, 3.8) is 0 Å². The number of amides is 3. The Balaban J connectivity index is 2.61. The summed E-state index contributed by atoms with van der Waals surface area (Å²) in [5.74, 6) is -1.07. The number of piperazine rings is 1. The third-order valence-electron chi connectivity index (χ3n) is 2.73. The molecule has 17 heavy (non-hydrogen) atoms. The number of hydrogen-bond acceptors (Lipinski definition) is 4. The molecule has 1 atom stereocenters. The molecule has 96 valence electrons. The van der Waals surface area contributed by atoms with Gasteiger partial charge in [0.25, 0.3) is 0 Å². The summed E-state index contributed by atoms with van der Waals surface area (Å²) in [5.41, 5.74) is 5.36. The summed E-state index contributed by atoms with van der Waals surface area (Å²) in [6, 6.07) is -0.596. The van der Waals surface area contributed by atoms with E-state index in [4.69, 9.17) is 5.73 Å². The number of carbonyl (C=O) groups excluding carboxylic acids is 3. The van der Waals surface area contributed by atoms with E-state index in [2.05, 4.69) is 5.32 Å². The molecular weight excluding hydrogens is 222 g/mol. The highest BCUT2D eigenvalue weighted by Gasteiger charge is 2.33. The molecule has 6 nitrogen and oxygen atoms in total. The van der Waals surface area contributed by atoms with Gasteiger partial charge < -0.3 is 10.6 Å². The number of carbonyl (C=O) groups is 3. The van der Waals surface area contributed by atoms with Crippen molar-refractivity contribution in [1.29, 1.82) is 0 Å². The minimum Gasteiger partial charge on any atom is -0.326 e. The highest BCUT2D eigenvalue weighted by atomic mass is 16.2. The topological polar surface area (TPSA) is 92.5 Å². The third kappa shape index (κ3) is 3.81. The van der Waals surface area contributed by atoms with Crippen LogP contribution in [-0.4, -0.2) is 40.7 Å². The van der Waals surface area contributed by atoms with Gasteiger partial charge in [-0.25, -0.2) is 0 Å². The Kier molecular flexibility index (Phi) is 3.87. The van der Waals surface area contributed by atoms with Gasteiger partial charge in [0.05, 0.1) is 0 Å². The van der Waals surface area contributed by atoms with Crippen molar-refractivity contribution in [3.05, 3.63) is 0 Å². The van der Waals surface area contributed by atoms with Crippen molar-refractivity contribution < 1.29 is 14.4 Å². The second-order valence-electron chi connectivity index (χ2n) is 5.10. The van der Waals surface area contributed by atoms with E-state index in [1.165, 1.54) is 4.90 Å². The minimum atomic E-state index is -0.596. The molecule has 0 aromatic carbocycles. The summed E-state index contributed by atoms with van der Waals surface area (Å²) >= 11 is 0. The third-order valence-corrected chi connectivity index (χ3v) is 2.73. The smallest absolute Gasteiger partial charge is 0.249 e. The maximum atomic E-state index is 11.9. The quantitative estimate of drug-likeness (QED) is 0.644. The first-order valence-electron chi connectivity index (χ1n) is 5.63. The van der Waals surface area contributed by atoms with E-state index in [1.54, 1.807) is 6.92 Å². The van der Waals surface area contributed by atoms with E-state index < -0.39 is 23.4 Å². The van der Waals surface area contributed by atoms with E-state index in [0.717, 1.165) is 0 Å². The molecule has 1 heterocycles. The van der Waals surface area contributed by atoms with Crippen LogP contribution in [0.1, 0.15) is 33.6 Å². The van der Waals surface area contributed by atoms with Crippen LogP contribution in [0.5, 0.6) is 0 Å². The average molecular weight is 241 g/mol. The number of rotatable bonds is 3. The second-order valence-corrected chi connectivity index (χ2v) is 5.10. The van der Waals surface area contributed by atoms with Crippen LogP contribution in [-0.2, 0) is 14.4 Å². The Morgan fingerprint density at radius 3 is 2.65 bits per heavy atom. The first kappa shape index (κ1) is 13.6. The second kappa shape index (κ2) is 4.83. The monoisotopic (exact) mass is 241 g/mol. The zero-order valence-electron chi connectivity index (χ0n) is 10.4. The fraction of sp³-hybridized carbons (Fsp3) is 0.727. The SMILES string of the molecule is CC1C(=O)NC(=O)CN1C(=O)CCC(C)(C)N. The molecule has 0 spiro atoms. The number of imide groups is 1. The lowest BCUT2D eigenvalue weighted by atomic mass is 9.99. The van der Waals surface area contributed by atoms with Gasteiger partial charge in [-0.1, -0.05) is 0 Å². The normalized spacial score (nSPS) is 21.4. The summed E-state index contributed by atoms with van der Waals surface area (Å²) in [5, 5.41) is 2.19. The van der Waals surface area contributed by atoms with Crippen LogP contribution in [0.4, 0.5) is 0 Å². The van der Waals surface area contributed by atoms with E-state index in [9.17, 15) is 14.4 Å². The highest BCUT2D eigenvalue weighted by Crippen LogP contribution is 2.12. The Labute approximate surface area is 101 Å². The number of nitrogens with one attached hydrogen (secondary N) is 1. The summed E-state index contributed by atoms with van der Waals surface area (Å²) in [7, 11) is 0. The van der Waals surface area contributed by atoms with Crippen molar-refractivity contribution in [2.75, 3.05) is 6.54 Å². The number of nitrogens with zero attached hydrogens (tertiary/aromatic N) is 1. The molecule has 0 aliphatic carbocycles. The molecule has 1 aliphatic rings. The summed E-state index contributed by atoms with van der Waals surface area (Å²) < 4.78 is 0. The van der Waals surface area contributed by atoms with Gasteiger partial charge in [-0.15, -0.1) is 0 Å². The van der Waals surface area contributed by atoms with E-state index in [-0.39, 0.29) is 18.9 Å². The number of nitrogens with two attached hydrogens (primary N) is 1. The predicted octanol–water partition coefficient (Wildman–Crippen LogP) is -0.623. The Morgan fingerprint density at radius 2 is 2.12 bits per heavy atom. The zero-order chi connectivity index (χ0) is 13.2. The van der Waals surface area contributed by atoms with Gasteiger partial charge in [0.1, 0.15) is 12.6 Å². The lowest BCUT2D eigenvalue weighted by molar-refractivity contribution is -0.149. The van der Waals surface area contributed by atoms with Crippen molar-refractivity contribution in [3.8, 4) is 0 Å². The van der Waals surface area contributed by atoms with Crippen LogP contribution in [0.15, 0.2) is 0 Å². The zero-order valence-corrected chi connectivity index (χ0v) is 10.4. The molecule has 3 amide bonds. The van der Waals surface area contributed by atoms with Gasteiger partial charge >= 0.3 is 0 Å². The van der Waals surface area contributed by atoms with Crippen LogP contribution in [0.25, 0.3) is 0 Å². The van der Waals surface area contributed by atoms with Crippen LogP contribution in [0.2, 0.25) is 0 Å². The summed E-state index contributed by atoms with van der Waals surface area (Å²) in [6.45, 7) is 5.21. The van der Waals surface area contributed by atoms with Gasteiger partial charge in [0, 0.05) is 12.0 Å². The first-order valence-corrected chi connectivity index (χ1v) is 5.63. The maximum Gasteiger partial charge on any atom is 0.249 e. The van der Waals surface area contributed by atoms with Gasteiger partial charge in [-0.3, -0.25) is 19.7 Å². The van der Waals surface area contributed by atoms with Gasteiger partial charge in [-0.05, 0) is 27.2 Å². The molecule has 1 fully saturated rings. The van der Waals surface area contributed by atoms with E-state index >= 15 is 0 Å². The van der Waals surface area contributed by atoms with Crippen LogP contribution in [0, 0.1) is 0 Å². The number of hydrogen-bond donors (Lipinski definition) is 2. The lowest BCUT2D eigenvalue weighted by Gasteiger charge is -2.32. The Bertz CT molecular complexity index is 346. The van der Waals surface area contributed by atoms with Crippen LogP contribution >= 0.6 is 0 Å². The highest BCUT2D eigenvalue weighted by molar-refractivity contribution is 6.04. The molecule has 0 saturated carbocycles. The van der Waals surface area contributed by atoms with Gasteiger partial charge in [0.2, 0.25) is 17.7 Å². The molecule has 0 aromatic heterocycles. The average Bonchev–Trinajstić information content (AvgIpc) is 2.19. The fourth-order valence-electron chi connectivity index (χ4n) is 1.59. The molecule has 1 saturated heterocycles. The van der Waals surface area contributed by atoms with E-state index in [1.807, 2.05) is 13.8 Å². The molecule has 0 bridgehead atoms. The molecule has 6 heteroatoms. The Morgan fingerprint density at radius 1 is 1.53 bits per heavy atom. The summed E-state index contributed by atoms with van der Waals surface area (Å²) in [6.07, 6.45) is 0.763. The standard InChI is InChI=1S/C11H19N3O3/c1-7-10(17)13-8(15)6-14(7)9(16)4-5-11(2,3)12/h7H,4-6,12H2,1-3H3,(H,13,15,17).